The van der Waals surface area contributed by atoms with E-state index in [-0.39, 0.29) is 22.8 Å². The first kappa shape index (κ1) is 20.0. The number of anilines is 1. The van der Waals surface area contributed by atoms with Crippen LogP contribution >= 0.6 is 0 Å². The Bertz CT molecular complexity index is 930. The van der Waals surface area contributed by atoms with Gasteiger partial charge in [0.05, 0.1) is 24.3 Å². The summed E-state index contributed by atoms with van der Waals surface area (Å²) in [6.45, 7) is 1.76. The Hall–Kier alpha value is -3.27. The topological polar surface area (TPSA) is 123 Å². The van der Waals surface area contributed by atoms with Crippen molar-refractivity contribution in [2.45, 2.75) is 11.8 Å². The van der Waals surface area contributed by atoms with Crippen molar-refractivity contribution in [3.8, 4) is 5.75 Å². The van der Waals surface area contributed by atoms with Crippen molar-refractivity contribution in [3.63, 3.8) is 0 Å². The standard InChI is InChI=1S/C17H19N3O6S/c1-3-26-17(22)19-18-16(21)12-7-6-8-13(11-12)27(23,24)20-14-9-4-5-10-15(14)25-2/h4-11,20H,3H2,1-2H3,(H,18,21)(H,19,22). The van der Waals surface area contributed by atoms with Crippen molar-refractivity contribution < 1.29 is 27.5 Å². The zero-order valence-electron chi connectivity index (χ0n) is 14.7. The van der Waals surface area contributed by atoms with Crippen LogP contribution in [0.2, 0.25) is 0 Å². The fourth-order valence-corrected chi connectivity index (χ4v) is 3.20. The number of nitrogens with one attached hydrogen (secondary N) is 3. The number of amides is 2. The van der Waals surface area contributed by atoms with Gasteiger partial charge in [0.15, 0.2) is 0 Å². The SMILES string of the molecule is CCOC(=O)NNC(=O)c1cccc(S(=O)(=O)Nc2ccccc2OC)c1. The lowest BCUT2D eigenvalue weighted by Gasteiger charge is -2.12. The molecule has 0 aromatic heterocycles. The number of carbonyl (C=O) groups is 2. The second-order valence-electron chi connectivity index (χ2n) is 5.13. The highest BCUT2D eigenvalue weighted by Crippen LogP contribution is 2.26. The molecular formula is C17H19N3O6S. The van der Waals surface area contributed by atoms with Gasteiger partial charge in [0, 0.05) is 5.56 Å². The molecule has 2 aromatic carbocycles. The van der Waals surface area contributed by atoms with Crippen LogP contribution < -0.4 is 20.3 Å². The maximum atomic E-state index is 12.6. The molecule has 0 aliphatic heterocycles. The third-order valence-corrected chi connectivity index (χ3v) is 4.67. The van der Waals surface area contributed by atoms with E-state index in [4.69, 9.17) is 4.74 Å². The van der Waals surface area contributed by atoms with E-state index in [1.165, 1.54) is 31.4 Å². The molecular weight excluding hydrogens is 374 g/mol. The van der Waals surface area contributed by atoms with Gasteiger partial charge in [-0.3, -0.25) is 14.9 Å². The molecule has 2 aromatic rings. The van der Waals surface area contributed by atoms with Gasteiger partial charge in [0.2, 0.25) is 0 Å². The first-order valence-electron chi connectivity index (χ1n) is 7.86. The Morgan fingerprint density at radius 2 is 1.78 bits per heavy atom. The predicted molar refractivity (Wildman–Crippen MR) is 97.9 cm³/mol. The van der Waals surface area contributed by atoms with Crippen LogP contribution in [0.1, 0.15) is 17.3 Å². The largest absolute Gasteiger partial charge is 0.495 e. The van der Waals surface area contributed by atoms with Crippen LogP contribution in [0.5, 0.6) is 5.75 Å². The lowest BCUT2D eigenvalue weighted by atomic mass is 10.2. The van der Waals surface area contributed by atoms with Gasteiger partial charge in [0.25, 0.3) is 15.9 Å². The van der Waals surface area contributed by atoms with E-state index < -0.39 is 22.0 Å². The average molecular weight is 393 g/mol. The number of hydrazine groups is 1. The second-order valence-corrected chi connectivity index (χ2v) is 6.82. The number of carbonyl (C=O) groups excluding carboxylic acids is 2. The average Bonchev–Trinajstić information content (AvgIpc) is 2.66. The molecule has 0 spiro atoms. The van der Waals surface area contributed by atoms with Crippen LogP contribution in [-0.4, -0.2) is 34.1 Å². The van der Waals surface area contributed by atoms with Crippen LogP contribution in [-0.2, 0) is 14.8 Å². The third-order valence-electron chi connectivity index (χ3n) is 3.31. The van der Waals surface area contributed by atoms with E-state index in [0.717, 1.165) is 0 Å². The highest BCUT2D eigenvalue weighted by molar-refractivity contribution is 7.92. The smallest absolute Gasteiger partial charge is 0.426 e. The molecule has 0 saturated heterocycles. The van der Waals surface area contributed by atoms with Crippen LogP contribution in [0.4, 0.5) is 10.5 Å². The van der Waals surface area contributed by atoms with Gasteiger partial charge >= 0.3 is 6.09 Å². The minimum atomic E-state index is -3.96. The molecule has 0 heterocycles. The first-order valence-corrected chi connectivity index (χ1v) is 9.34. The molecule has 2 amide bonds. The highest BCUT2D eigenvalue weighted by atomic mass is 32.2. The lowest BCUT2D eigenvalue weighted by molar-refractivity contribution is 0.0912. The summed E-state index contributed by atoms with van der Waals surface area (Å²) >= 11 is 0. The highest BCUT2D eigenvalue weighted by Gasteiger charge is 2.18. The zero-order chi connectivity index (χ0) is 19.9. The number of sulfonamides is 1. The van der Waals surface area contributed by atoms with E-state index in [1.807, 2.05) is 0 Å². The fraction of sp³-hybridized carbons (Fsp3) is 0.176. The Morgan fingerprint density at radius 1 is 1.04 bits per heavy atom. The summed E-state index contributed by atoms with van der Waals surface area (Å²) < 4.78 is 37.4. The van der Waals surface area contributed by atoms with Crippen LogP contribution in [0.3, 0.4) is 0 Å². The van der Waals surface area contributed by atoms with E-state index in [1.54, 1.807) is 31.2 Å². The maximum absolute atomic E-state index is 12.6. The summed E-state index contributed by atoms with van der Waals surface area (Å²) in [4.78, 5) is 23.1. The van der Waals surface area contributed by atoms with Crippen molar-refractivity contribution in [3.05, 3.63) is 54.1 Å². The Kier molecular flexibility index (Phi) is 6.61. The summed E-state index contributed by atoms with van der Waals surface area (Å²) in [5, 5.41) is 0. The first-order chi connectivity index (χ1) is 12.9. The van der Waals surface area contributed by atoms with Gasteiger partial charge in [0.1, 0.15) is 5.75 Å². The zero-order valence-corrected chi connectivity index (χ0v) is 15.5. The predicted octanol–water partition coefficient (Wildman–Crippen LogP) is 1.89. The number of benzene rings is 2. The van der Waals surface area contributed by atoms with Crippen molar-refractivity contribution in [1.82, 2.24) is 10.9 Å². The summed E-state index contributed by atoms with van der Waals surface area (Å²) in [6.07, 6.45) is -0.826. The number of hydrogen-bond acceptors (Lipinski definition) is 6. The van der Waals surface area contributed by atoms with Gasteiger partial charge in [-0.1, -0.05) is 18.2 Å². The molecule has 0 saturated carbocycles. The van der Waals surface area contributed by atoms with Crippen LogP contribution in [0.15, 0.2) is 53.4 Å². The van der Waals surface area contributed by atoms with Crippen molar-refractivity contribution in [2.75, 3.05) is 18.4 Å². The minimum Gasteiger partial charge on any atom is -0.495 e. The summed E-state index contributed by atoms with van der Waals surface area (Å²) in [5.74, 6) is -0.342. The van der Waals surface area contributed by atoms with Crippen LogP contribution in [0, 0.1) is 0 Å². The van der Waals surface area contributed by atoms with Gasteiger partial charge in [-0.2, -0.15) is 0 Å². The molecule has 3 N–H and O–H groups in total. The molecule has 0 aliphatic carbocycles. The molecule has 0 radical (unpaired) electrons. The van der Waals surface area contributed by atoms with E-state index >= 15 is 0 Å². The number of hydrogen-bond donors (Lipinski definition) is 3. The third kappa shape index (κ3) is 5.35. The summed E-state index contributed by atoms with van der Waals surface area (Å²) in [7, 11) is -2.54. The number of methoxy groups -OCH3 is 1. The number of rotatable bonds is 6. The Balaban J connectivity index is 2.18. The second kappa shape index (κ2) is 8.90. The summed E-state index contributed by atoms with van der Waals surface area (Å²) in [5.41, 5.74) is 4.48. The molecule has 0 aliphatic rings. The molecule has 0 unspecified atom stereocenters. The van der Waals surface area contributed by atoms with E-state index in [2.05, 4.69) is 20.3 Å². The monoisotopic (exact) mass is 393 g/mol. The van der Waals surface area contributed by atoms with Gasteiger partial charge in [-0.15, -0.1) is 0 Å². The van der Waals surface area contributed by atoms with Crippen molar-refractivity contribution in [2.24, 2.45) is 0 Å². The molecule has 0 bridgehead atoms. The van der Waals surface area contributed by atoms with E-state index in [9.17, 15) is 18.0 Å². The maximum Gasteiger partial charge on any atom is 0.426 e. The fourth-order valence-electron chi connectivity index (χ4n) is 2.08. The Labute approximate surface area is 156 Å². The minimum absolute atomic E-state index is 0.0368. The molecule has 2 rings (SSSR count). The van der Waals surface area contributed by atoms with Gasteiger partial charge in [-0.25, -0.2) is 18.6 Å². The quantitative estimate of drug-likeness (QED) is 0.644. The van der Waals surface area contributed by atoms with Gasteiger partial charge in [-0.05, 0) is 37.3 Å². The number of para-hydroxylation sites is 2. The van der Waals surface area contributed by atoms with Crippen molar-refractivity contribution in [1.29, 1.82) is 0 Å². The van der Waals surface area contributed by atoms with Crippen LogP contribution in [0.25, 0.3) is 0 Å². The Morgan fingerprint density at radius 3 is 2.48 bits per heavy atom. The van der Waals surface area contributed by atoms with Gasteiger partial charge < -0.3 is 9.47 Å². The molecule has 144 valence electrons. The molecule has 9 nitrogen and oxygen atoms in total. The molecule has 27 heavy (non-hydrogen) atoms. The van der Waals surface area contributed by atoms with E-state index in [0.29, 0.717) is 5.75 Å². The molecule has 10 heteroatoms. The molecule has 0 atom stereocenters. The lowest BCUT2D eigenvalue weighted by Crippen LogP contribution is -2.41. The summed E-state index contributed by atoms with van der Waals surface area (Å²) in [6, 6.07) is 11.9. The van der Waals surface area contributed by atoms with Crippen molar-refractivity contribution >= 4 is 27.7 Å². The normalized spacial score (nSPS) is 10.6. The molecule has 0 fully saturated rings. The number of ether oxygens (including phenoxy) is 2.